The fourth-order valence-corrected chi connectivity index (χ4v) is 3.78. The summed E-state index contributed by atoms with van der Waals surface area (Å²) in [4.78, 5) is 39.9. The number of nitrogens with one attached hydrogen (secondary N) is 2. The van der Waals surface area contributed by atoms with E-state index in [2.05, 4.69) is 0 Å². The lowest BCUT2D eigenvalue weighted by molar-refractivity contribution is -1.02. The number of ether oxygens (including phenoxy) is 1. The number of piperazine rings is 1. The van der Waals surface area contributed by atoms with Crippen molar-refractivity contribution in [3.8, 4) is 5.75 Å². The maximum absolute atomic E-state index is 12.9. The van der Waals surface area contributed by atoms with Gasteiger partial charge < -0.3 is 20.3 Å². The zero-order valence-corrected chi connectivity index (χ0v) is 15.0. The Morgan fingerprint density at radius 1 is 1.19 bits per heavy atom. The third kappa shape index (κ3) is 3.86. The molecule has 0 unspecified atom stereocenters. The molecule has 2 aliphatic rings. The van der Waals surface area contributed by atoms with Crippen molar-refractivity contribution >= 4 is 23.4 Å². The van der Waals surface area contributed by atoms with Crippen LogP contribution in [0.25, 0.3) is 0 Å². The first-order valence-electron chi connectivity index (χ1n) is 9.05. The van der Waals surface area contributed by atoms with Crippen LogP contribution in [0, 0.1) is 0 Å². The van der Waals surface area contributed by atoms with Crippen LogP contribution in [0.2, 0.25) is 0 Å². The lowest BCUT2D eigenvalue weighted by atomic mass is 10.1. The van der Waals surface area contributed by atoms with Crippen LogP contribution in [-0.2, 0) is 14.4 Å². The van der Waals surface area contributed by atoms with E-state index in [-0.39, 0.29) is 30.2 Å². The summed E-state index contributed by atoms with van der Waals surface area (Å²) in [6, 6.07) is 6.68. The van der Waals surface area contributed by atoms with E-state index in [4.69, 9.17) is 10.5 Å². The number of hydrogen-bond acceptors (Lipinski definition) is 4. The Bertz CT molecular complexity index is 683. The van der Waals surface area contributed by atoms with Crippen LogP contribution in [0.1, 0.15) is 13.3 Å². The molecule has 0 saturated carbocycles. The van der Waals surface area contributed by atoms with Crippen LogP contribution in [0.4, 0.5) is 5.69 Å². The van der Waals surface area contributed by atoms with Crippen molar-refractivity contribution < 1.29 is 28.9 Å². The van der Waals surface area contributed by atoms with Crippen LogP contribution in [0.5, 0.6) is 5.75 Å². The minimum absolute atomic E-state index is 0.146. The third-order valence-electron chi connectivity index (χ3n) is 5.07. The highest BCUT2D eigenvalue weighted by Crippen LogP contribution is 2.24. The summed E-state index contributed by atoms with van der Waals surface area (Å²) < 4.78 is 5.40. The molecule has 8 nitrogen and oxygen atoms in total. The predicted octanol–water partition coefficient (Wildman–Crippen LogP) is -3.01. The van der Waals surface area contributed by atoms with E-state index in [0.717, 1.165) is 36.0 Å². The number of anilines is 1. The largest absolute Gasteiger partial charge is 0.494 e. The zero-order valence-electron chi connectivity index (χ0n) is 15.0. The summed E-state index contributed by atoms with van der Waals surface area (Å²) in [5.41, 5.74) is 5.84. The molecule has 0 bridgehead atoms. The topological polar surface area (TPSA) is 98.6 Å². The molecular weight excluding hydrogens is 336 g/mol. The molecule has 1 aromatic carbocycles. The quantitative estimate of drug-likeness (QED) is 0.470. The summed E-state index contributed by atoms with van der Waals surface area (Å²) in [5, 5.41) is 0. The van der Waals surface area contributed by atoms with Gasteiger partial charge in [-0.15, -0.1) is 0 Å². The summed E-state index contributed by atoms with van der Waals surface area (Å²) in [5.74, 6) is 0.0967. The van der Waals surface area contributed by atoms with E-state index in [9.17, 15) is 14.4 Å². The normalized spacial score (nSPS) is 26.2. The molecule has 1 atom stereocenters. The fourth-order valence-electron chi connectivity index (χ4n) is 3.78. The number of quaternary nitrogens is 2. The number of carbonyl (C=O) groups is 3. The average molecular weight is 362 g/mol. The average Bonchev–Trinajstić information content (AvgIpc) is 2.91. The van der Waals surface area contributed by atoms with Gasteiger partial charge >= 0.3 is 0 Å². The smallest absolute Gasteiger partial charge is 0.292 e. The second-order valence-electron chi connectivity index (χ2n) is 6.80. The van der Waals surface area contributed by atoms with Crippen molar-refractivity contribution in [2.24, 2.45) is 5.73 Å². The first-order chi connectivity index (χ1) is 12.5. The van der Waals surface area contributed by atoms with Crippen LogP contribution in [-0.4, -0.2) is 63.1 Å². The van der Waals surface area contributed by atoms with Crippen LogP contribution in [0.3, 0.4) is 0 Å². The summed E-state index contributed by atoms with van der Waals surface area (Å²) in [7, 11) is 0. The second-order valence-corrected chi connectivity index (χ2v) is 6.80. The molecule has 0 radical (unpaired) electrons. The number of benzene rings is 1. The van der Waals surface area contributed by atoms with Crippen LogP contribution in [0.15, 0.2) is 24.3 Å². The molecule has 1 aromatic rings. The molecule has 3 rings (SSSR count). The SMILES string of the molecule is CCOc1ccc(N2C(=O)C[C@@H]([NH+]3CC[NH+](CC(N)=O)CC3)C2=O)cc1. The third-order valence-corrected chi connectivity index (χ3v) is 5.07. The molecule has 140 valence electrons. The molecule has 2 saturated heterocycles. The molecule has 3 amide bonds. The van der Waals surface area contributed by atoms with Gasteiger partial charge in [-0.2, -0.15) is 0 Å². The predicted molar refractivity (Wildman–Crippen MR) is 94.0 cm³/mol. The van der Waals surface area contributed by atoms with Crippen molar-refractivity contribution in [2.75, 3.05) is 44.2 Å². The first kappa shape index (κ1) is 18.3. The Hall–Kier alpha value is -2.45. The number of amides is 3. The van der Waals surface area contributed by atoms with Gasteiger partial charge in [0.2, 0.25) is 5.91 Å². The number of rotatable bonds is 6. The Labute approximate surface area is 152 Å². The molecule has 0 aromatic heterocycles. The van der Waals surface area contributed by atoms with Gasteiger partial charge in [0.1, 0.15) is 31.9 Å². The highest BCUT2D eigenvalue weighted by molar-refractivity contribution is 6.21. The van der Waals surface area contributed by atoms with Crippen molar-refractivity contribution in [1.82, 2.24) is 0 Å². The number of primary amides is 1. The Balaban J connectivity index is 1.65. The maximum atomic E-state index is 12.9. The monoisotopic (exact) mass is 362 g/mol. The molecule has 26 heavy (non-hydrogen) atoms. The van der Waals surface area contributed by atoms with Crippen molar-refractivity contribution in [3.05, 3.63) is 24.3 Å². The van der Waals surface area contributed by atoms with Gasteiger partial charge in [0.25, 0.3) is 11.8 Å². The highest BCUT2D eigenvalue weighted by Gasteiger charge is 2.47. The fraction of sp³-hybridized carbons (Fsp3) is 0.500. The minimum atomic E-state index is -0.343. The standard InChI is InChI=1S/C18H24N4O4/c1-2-26-14-5-3-13(4-6-14)22-17(24)11-15(18(22)25)21-9-7-20(8-10-21)12-16(19)23/h3-6,15H,2,7-12H2,1H3,(H2,19,23)/p+2/t15-/m1/s1. The molecule has 2 fully saturated rings. The van der Waals surface area contributed by atoms with Crippen molar-refractivity contribution in [2.45, 2.75) is 19.4 Å². The van der Waals surface area contributed by atoms with Crippen molar-refractivity contribution in [1.29, 1.82) is 0 Å². The Morgan fingerprint density at radius 3 is 2.42 bits per heavy atom. The summed E-state index contributed by atoms with van der Waals surface area (Å²) >= 11 is 0. The molecule has 8 heteroatoms. The van der Waals surface area contributed by atoms with E-state index in [0.29, 0.717) is 24.6 Å². The lowest BCUT2D eigenvalue weighted by Gasteiger charge is -2.31. The molecule has 0 aliphatic carbocycles. The van der Waals surface area contributed by atoms with Gasteiger partial charge in [0, 0.05) is 0 Å². The number of nitrogens with two attached hydrogens (primary N) is 1. The second kappa shape index (κ2) is 7.84. The Morgan fingerprint density at radius 2 is 1.85 bits per heavy atom. The van der Waals surface area contributed by atoms with Gasteiger partial charge in [0.15, 0.2) is 12.6 Å². The molecule has 2 heterocycles. The van der Waals surface area contributed by atoms with E-state index >= 15 is 0 Å². The summed E-state index contributed by atoms with van der Waals surface area (Å²) in [6.45, 7) is 5.85. The summed E-state index contributed by atoms with van der Waals surface area (Å²) in [6.07, 6.45) is 0.229. The molecule has 2 aliphatic heterocycles. The van der Waals surface area contributed by atoms with Gasteiger partial charge in [0.05, 0.1) is 18.7 Å². The first-order valence-corrected chi connectivity index (χ1v) is 9.05. The maximum Gasteiger partial charge on any atom is 0.292 e. The number of carbonyl (C=O) groups excluding carboxylic acids is 3. The van der Waals surface area contributed by atoms with Gasteiger partial charge in [-0.25, -0.2) is 4.90 Å². The van der Waals surface area contributed by atoms with E-state index in [1.807, 2.05) is 6.92 Å². The molecule has 0 spiro atoms. The lowest BCUT2D eigenvalue weighted by Crippen LogP contribution is -3.30. The molecule has 4 N–H and O–H groups in total. The van der Waals surface area contributed by atoms with E-state index in [1.165, 1.54) is 4.90 Å². The molecular formula is C18H26N4O4+2. The highest BCUT2D eigenvalue weighted by atomic mass is 16.5. The number of hydrogen-bond donors (Lipinski definition) is 3. The Kier molecular flexibility index (Phi) is 5.53. The zero-order chi connectivity index (χ0) is 18.7. The van der Waals surface area contributed by atoms with Gasteiger partial charge in [-0.3, -0.25) is 14.4 Å². The number of nitrogens with zero attached hydrogens (tertiary/aromatic N) is 1. The van der Waals surface area contributed by atoms with Gasteiger partial charge in [-0.1, -0.05) is 0 Å². The van der Waals surface area contributed by atoms with Crippen LogP contribution < -0.4 is 25.2 Å². The van der Waals surface area contributed by atoms with Gasteiger partial charge in [-0.05, 0) is 31.2 Å². The van der Waals surface area contributed by atoms with E-state index in [1.54, 1.807) is 24.3 Å². The van der Waals surface area contributed by atoms with Crippen LogP contribution >= 0.6 is 0 Å². The number of imide groups is 1. The minimum Gasteiger partial charge on any atom is -0.494 e. The van der Waals surface area contributed by atoms with E-state index < -0.39 is 0 Å². The van der Waals surface area contributed by atoms with Crippen molar-refractivity contribution in [3.63, 3.8) is 0 Å².